The molecule has 0 aliphatic carbocycles. The lowest BCUT2D eigenvalue weighted by atomic mass is 10.1. The normalized spacial score (nSPS) is 11.7. The van der Waals surface area contributed by atoms with E-state index in [2.05, 4.69) is 4.98 Å². The van der Waals surface area contributed by atoms with Crippen LogP contribution in [0.15, 0.2) is 48.7 Å². The van der Waals surface area contributed by atoms with Gasteiger partial charge in [-0.15, -0.1) is 0 Å². The second kappa shape index (κ2) is 3.51. The summed E-state index contributed by atoms with van der Waals surface area (Å²) in [5.41, 5.74) is 0.995. The summed E-state index contributed by atoms with van der Waals surface area (Å²) in [4.78, 5) is 4.09. The highest BCUT2D eigenvalue weighted by atomic mass is 19.1. The molecule has 0 atom stereocenters. The summed E-state index contributed by atoms with van der Waals surface area (Å²) in [6.45, 7) is 0. The predicted octanol–water partition coefficient (Wildman–Crippen LogP) is 3.92. The van der Waals surface area contributed by atoms with Crippen molar-refractivity contribution in [1.29, 1.82) is 0 Å². The lowest BCUT2D eigenvalue weighted by Gasteiger charge is -2.08. The van der Waals surface area contributed by atoms with E-state index in [-0.39, 0.29) is 0 Å². The van der Waals surface area contributed by atoms with E-state index in [0.29, 0.717) is 11.2 Å². The minimum absolute atomic E-state index is 0.391. The molecule has 0 saturated carbocycles. The first-order valence-electron chi connectivity index (χ1n) is 5.88. The minimum atomic E-state index is -0.489. The summed E-state index contributed by atoms with van der Waals surface area (Å²) in [5, 5.41) is 2.60. The first-order chi connectivity index (χ1) is 9.25. The van der Waals surface area contributed by atoms with Crippen LogP contribution in [0.2, 0.25) is 0 Å². The van der Waals surface area contributed by atoms with Gasteiger partial charge in [-0.2, -0.15) is 4.39 Å². The Kier molecular flexibility index (Phi) is 1.93. The number of benzene rings is 2. The molecule has 0 aliphatic rings. The molecule has 0 aliphatic heterocycles. The van der Waals surface area contributed by atoms with Gasteiger partial charge in [0.1, 0.15) is 11.5 Å². The molecule has 0 radical (unpaired) electrons. The third-order valence-electron chi connectivity index (χ3n) is 3.38. The molecular formula is C15H8F2N2. The second-order valence-corrected chi connectivity index (χ2v) is 4.45. The topological polar surface area (TPSA) is 17.3 Å². The SMILES string of the molecule is Fc1ccc2c3ccccc3c3ncc(F)n3c2c1. The Labute approximate surface area is 106 Å². The molecule has 2 aromatic heterocycles. The summed E-state index contributed by atoms with van der Waals surface area (Å²) >= 11 is 0. The molecule has 2 aromatic carbocycles. The van der Waals surface area contributed by atoms with Crippen LogP contribution in [0.3, 0.4) is 0 Å². The van der Waals surface area contributed by atoms with Gasteiger partial charge in [0.05, 0.1) is 11.7 Å². The number of hydrogen-bond donors (Lipinski definition) is 0. The van der Waals surface area contributed by atoms with Gasteiger partial charge in [-0.25, -0.2) is 9.37 Å². The lowest BCUT2D eigenvalue weighted by Crippen LogP contribution is -1.94. The zero-order valence-electron chi connectivity index (χ0n) is 9.77. The van der Waals surface area contributed by atoms with Gasteiger partial charge in [-0.05, 0) is 23.6 Å². The van der Waals surface area contributed by atoms with Crippen LogP contribution in [-0.4, -0.2) is 9.38 Å². The van der Waals surface area contributed by atoms with Crippen LogP contribution in [0.1, 0.15) is 0 Å². The number of imidazole rings is 1. The zero-order valence-corrected chi connectivity index (χ0v) is 9.77. The number of hydrogen-bond acceptors (Lipinski definition) is 1. The van der Waals surface area contributed by atoms with Gasteiger partial charge in [0, 0.05) is 10.8 Å². The van der Waals surface area contributed by atoms with Crippen LogP contribution in [-0.2, 0) is 0 Å². The number of halogens is 2. The van der Waals surface area contributed by atoms with E-state index >= 15 is 0 Å². The van der Waals surface area contributed by atoms with Gasteiger partial charge in [0.25, 0.3) is 0 Å². The van der Waals surface area contributed by atoms with Gasteiger partial charge < -0.3 is 0 Å². The third kappa shape index (κ3) is 1.31. The second-order valence-electron chi connectivity index (χ2n) is 4.45. The van der Waals surface area contributed by atoms with Crippen LogP contribution >= 0.6 is 0 Å². The van der Waals surface area contributed by atoms with E-state index in [9.17, 15) is 8.78 Å². The summed E-state index contributed by atoms with van der Waals surface area (Å²) in [6.07, 6.45) is 1.16. The summed E-state index contributed by atoms with van der Waals surface area (Å²) in [6, 6.07) is 12.0. The van der Waals surface area contributed by atoms with Gasteiger partial charge in [-0.1, -0.05) is 24.3 Å². The summed E-state index contributed by atoms with van der Waals surface area (Å²) < 4.78 is 28.7. The average molecular weight is 254 g/mol. The van der Waals surface area contributed by atoms with Crippen LogP contribution in [0.5, 0.6) is 0 Å². The first kappa shape index (κ1) is 10.4. The Balaban J connectivity index is 2.45. The fourth-order valence-electron chi connectivity index (χ4n) is 2.58. The predicted molar refractivity (Wildman–Crippen MR) is 70.1 cm³/mol. The van der Waals surface area contributed by atoms with Crippen molar-refractivity contribution in [3.63, 3.8) is 0 Å². The number of aromatic nitrogens is 2. The van der Waals surface area contributed by atoms with Gasteiger partial charge in [0.15, 0.2) is 0 Å². The minimum Gasteiger partial charge on any atom is -0.268 e. The molecule has 0 fully saturated rings. The van der Waals surface area contributed by atoms with Crippen molar-refractivity contribution in [3.05, 3.63) is 60.4 Å². The van der Waals surface area contributed by atoms with Gasteiger partial charge >= 0.3 is 0 Å². The van der Waals surface area contributed by atoms with E-state index in [1.807, 2.05) is 24.3 Å². The molecule has 4 rings (SSSR count). The number of nitrogens with zero attached hydrogens (tertiary/aromatic N) is 2. The van der Waals surface area contributed by atoms with Crippen molar-refractivity contribution in [2.24, 2.45) is 0 Å². The molecule has 0 amide bonds. The maximum atomic E-state index is 13.9. The Morgan fingerprint density at radius 2 is 1.68 bits per heavy atom. The van der Waals surface area contributed by atoms with Gasteiger partial charge in [-0.3, -0.25) is 4.40 Å². The fraction of sp³-hybridized carbons (Fsp3) is 0. The maximum Gasteiger partial charge on any atom is 0.218 e. The quantitative estimate of drug-likeness (QED) is 0.435. The summed E-state index contributed by atoms with van der Waals surface area (Å²) in [7, 11) is 0. The Morgan fingerprint density at radius 1 is 0.895 bits per heavy atom. The molecule has 92 valence electrons. The fourth-order valence-corrected chi connectivity index (χ4v) is 2.58. The maximum absolute atomic E-state index is 13.9. The monoisotopic (exact) mass is 254 g/mol. The van der Waals surface area contributed by atoms with Crippen molar-refractivity contribution in [1.82, 2.24) is 9.38 Å². The van der Waals surface area contributed by atoms with Crippen LogP contribution in [0.4, 0.5) is 8.78 Å². The standard InChI is InChI=1S/C15H8F2N2/c16-9-5-6-11-10-3-1-2-4-12(10)15-18-8-14(17)19(15)13(11)7-9/h1-8H. The Hall–Kier alpha value is -2.49. The smallest absolute Gasteiger partial charge is 0.218 e. The van der Waals surface area contributed by atoms with Crippen molar-refractivity contribution < 1.29 is 8.78 Å². The summed E-state index contributed by atoms with van der Waals surface area (Å²) in [5.74, 6) is -0.881. The highest BCUT2D eigenvalue weighted by molar-refractivity contribution is 6.11. The zero-order chi connectivity index (χ0) is 13.0. The van der Waals surface area contributed by atoms with E-state index in [1.165, 1.54) is 16.5 Å². The van der Waals surface area contributed by atoms with E-state index in [1.54, 1.807) is 6.07 Å². The molecule has 0 spiro atoms. The molecule has 0 unspecified atom stereocenters. The highest BCUT2D eigenvalue weighted by Gasteiger charge is 2.12. The largest absolute Gasteiger partial charge is 0.268 e. The van der Waals surface area contributed by atoms with E-state index < -0.39 is 11.8 Å². The molecule has 2 nitrogen and oxygen atoms in total. The van der Waals surface area contributed by atoms with Crippen molar-refractivity contribution in [2.75, 3.05) is 0 Å². The van der Waals surface area contributed by atoms with Gasteiger partial charge in [0.2, 0.25) is 5.95 Å². The van der Waals surface area contributed by atoms with Crippen LogP contribution in [0.25, 0.3) is 27.3 Å². The number of fused-ring (bicyclic) bond motifs is 6. The Bertz CT molecular complexity index is 941. The molecule has 0 N–H and O–H groups in total. The molecule has 4 heteroatoms. The van der Waals surface area contributed by atoms with E-state index in [4.69, 9.17) is 0 Å². The lowest BCUT2D eigenvalue weighted by molar-refractivity contribution is 0.578. The molecular weight excluding hydrogens is 246 g/mol. The molecule has 0 saturated heterocycles. The van der Waals surface area contributed by atoms with Crippen LogP contribution < -0.4 is 0 Å². The molecule has 0 bridgehead atoms. The third-order valence-corrected chi connectivity index (χ3v) is 3.38. The average Bonchev–Trinajstić information content (AvgIpc) is 2.81. The van der Waals surface area contributed by atoms with Crippen molar-refractivity contribution in [2.45, 2.75) is 0 Å². The first-order valence-corrected chi connectivity index (χ1v) is 5.88. The van der Waals surface area contributed by atoms with E-state index in [0.717, 1.165) is 22.4 Å². The highest BCUT2D eigenvalue weighted by Crippen LogP contribution is 2.29. The van der Waals surface area contributed by atoms with Crippen LogP contribution in [0, 0.1) is 11.8 Å². The number of pyridine rings is 1. The Morgan fingerprint density at radius 3 is 2.53 bits per heavy atom. The van der Waals surface area contributed by atoms with Crippen molar-refractivity contribution >= 4 is 27.3 Å². The number of rotatable bonds is 0. The molecule has 19 heavy (non-hydrogen) atoms. The van der Waals surface area contributed by atoms with Crippen molar-refractivity contribution in [3.8, 4) is 0 Å². The molecule has 4 aromatic rings. The molecule has 2 heterocycles.